The molecule has 1 heterocycles. The van der Waals surface area contributed by atoms with Gasteiger partial charge < -0.3 is 45.2 Å². The lowest BCUT2D eigenvalue weighted by Gasteiger charge is -2.61. The highest BCUT2D eigenvalue weighted by molar-refractivity contribution is 5.36. The summed E-state index contributed by atoms with van der Waals surface area (Å²) in [6, 6.07) is 0. The summed E-state index contributed by atoms with van der Waals surface area (Å²) in [4.78, 5) is 0. The molecule has 2 fully saturated rings. The molecule has 200 valence electrons. The summed E-state index contributed by atoms with van der Waals surface area (Å²) in [5.41, 5.74) is 0.585. The molecule has 0 bridgehead atoms. The van der Waals surface area contributed by atoms with Crippen LogP contribution < -0.4 is 0 Å². The Bertz CT molecular complexity index is 845. The second-order valence-electron chi connectivity index (χ2n) is 12.0. The molecule has 7 N–H and O–H groups in total. The van der Waals surface area contributed by atoms with E-state index < -0.39 is 66.5 Å². The fraction of sp³-hybridized carbons (Fsp3) is 0.846. The predicted octanol–water partition coefficient (Wildman–Crippen LogP) is -0.00540. The molecule has 0 spiro atoms. The number of rotatable bonds is 5. The number of hydrogen-bond acceptors (Lipinski definition) is 9. The van der Waals surface area contributed by atoms with E-state index in [1.54, 1.807) is 0 Å². The standard InChI is InChI=1S/C26H42O9/c1-5-24(2)7-6-14-13(9-24)15(28)8-18-25(14,3)10-16(29)22(33)26(18,4)12-34-23-21(32)20(31)19(30)17(11-27)35-23/h5,15-23,27-33H,1,6-12H2,2-4H3/t15-,16-,17-,18?,19-,20+,21?,22+,23-,24+,25-,26-/m1/s1. The molecule has 4 aliphatic rings. The van der Waals surface area contributed by atoms with E-state index in [9.17, 15) is 35.7 Å². The Morgan fingerprint density at radius 2 is 1.74 bits per heavy atom. The van der Waals surface area contributed by atoms with Gasteiger partial charge in [-0.25, -0.2) is 0 Å². The van der Waals surface area contributed by atoms with E-state index in [0.29, 0.717) is 19.3 Å². The Kier molecular flexibility index (Phi) is 7.34. The van der Waals surface area contributed by atoms with Crippen molar-refractivity contribution in [1.82, 2.24) is 0 Å². The Morgan fingerprint density at radius 1 is 1.06 bits per heavy atom. The average molecular weight is 499 g/mol. The van der Waals surface area contributed by atoms with Crippen LogP contribution in [0.25, 0.3) is 0 Å². The lowest BCUT2D eigenvalue weighted by atomic mass is 9.46. The molecule has 0 aromatic rings. The van der Waals surface area contributed by atoms with E-state index in [2.05, 4.69) is 20.4 Å². The van der Waals surface area contributed by atoms with Crippen molar-refractivity contribution in [2.24, 2.45) is 22.2 Å². The van der Waals surface area contributed by atoms with Crippen molar-refractivity contribution in [2.45, 2.75) is 102 Å². The molecule has 12 atom stereocenters. The van der Waals surface area contributed by atoms with Crippen LogP contribution in [0.1, 0.15) is 52.9 Å². The van der Waals surface area contributed by atoms with E-state index in [4.69, 9.17) is 9.47 Å². The van der Waals surface area contributed by atoms with Gasteiger partial charge in [0.15, 0.2) is 6.29 Å². The molecule has 0 radical (unpaired) electrons. The minimum atomic E-state index is -1.57. The number of allylic oxidation sites excluding steroid dienone is 2. The Balaban J connectivity index is 1.63. The minimum Gasteiger partial charge on any atom is -0.394 e. The van der Waals surface area contributed by atoms with Crippen LogP contribution in [0.5, 0.6) is 0 Å². The van der Waals surface area contributed by atoms with E-state index in [-0.39, 0.29) is 17.9 Å². The maximum Gasteiger partial charge on any atom is 0.186 e. The molecular formula is C26H42O9. The van der Waals surface area contributed by atoms with Crippen molar-refractivity contribution in [3.05, 3.63) is 23.8 Å². The van der Waals surface area contributed by atoms with Crippen LogP contribution in [0, 0.1) is 22.2 Å². The van der Waals surface area contributed by atoms with Crippen LogP contribution in [0.15, 0.2) is 23.8 Å². The van der Waals surface area contributed by atoms with Gasteiger partial charge in [-0.15, -0.1) is 6.58 Å². The molecule has 1 saturated heterocycles. The summed E-state index contributed by atoms with van der Waals surface area (Å²) in [6.07, 6.45) is -4.85. The molecular weight excluding hydrogens is 456 g/mol. The molecule has 3 aliphatic carbocycles. The molecule has 2 unspecified atom stereocenters. The zero-order valence-electron chi connectivity index (χ0n) is 20.9. The molecule has 9 nitrogen and oxygen atoms in total. The zero-order valence-corrected chi connectivity index (χ0v) is 20.9. The molecule has 0 aromatic heterocycles. The quantitative estimate of drug-likeness (QED) is 0.259. The zero-order chi connectivity index (χ0) is 25.9. The first-order valence-corrected chi connectivity index (χ1v) is 12.6. The van der Waals surface area contributed by atoms with Crippen molar-refractivity contribution in [2.75, 3.05) is 13.2 Å². The molecule has 0 amide bonds. The summed E-state index contributed by atoms with van der Waals surface area (Å²) < 4.78 is 11.4. The highest BCUT2D eigenvalue weighted by Crippen LogP contribution is 2.63. The fourth-order valence-corrected chi connectivity index (χ4v) is 7.29. The summed E-state index contributed by atoms with van der Waals surface area (Å²) in [5.74, 6) is -0.236. The Morgan fingerprint density at radius 3 is 2.37 bits per heavy atom. The maximum absolute atomic E-state index is 11.2. The van der Waals surface area contributed by atoms with Crippen molar-refractivity contribution in [1.29, 1.82) is 0 Å². The van der Waals surface area contributed by atoms with Gasteiger partial charge >= 0.3 is 0 Å². The number of hydrogen-bond donors (Lipinski definition) is 7. The number of aliphatic hydroxyl groups excluding tert-OH is 7. The predicted molar refractivity (Wildman–Crippen MR) is 126 cm³/mol. The van der Waals surface area contributed by atoms with Crippen molar-refractivity contribution >= 4 is 0 Å². The van der Waals surface area contributed by atoms with Gasteiger partial charge in [-0.2, -0.15) is 0 Å². The van der Waals surface area contributed by atoms with Gasteiger partial charge in [0.1, 0.15) is 24.4 Å². The summed E-state index contributed by atoms with van der Waals surface area (Å²) >= 11 is 0. The molecule has 0 aromatic carbocycles. The van der Waals surface area contributed by atoms with E-state index in [1.165, 1.54) is 0 Å². The van der Waals surface area contributed by atoms with Gasteiger partial charge in [0, 0.05) is 5.41 Å². The Labute approximate surface area is 206 Å². The first-order chi connectivity index (χ1) is 16.3. The fourth-order valence-electron chi connectivity index (χ4n) is 7.29. The second-order valence-corrected chi connectivity index (χ2v) is 12.0. The van der Waals surface area contributed by atoms with Crippen LogP contribution in [-0.2, 0) is 9.47 Å². The van der Waals surface area contributed by atoms with Gasteiger partial charge in [0.25, 0.3) is 0 Å². The number of ether oxygens (including phenoxy) is 2. The Hall–Kier alpha value is -0.880. The van der Waals surface area contributed by atoms with Crippen LogP contribution in [0.2, 0.25) is 0 Å². The van der Waals surface area contributed by atoms with E-state index >= 15 is 0 Å². The largest absolute Gasteiger partial charge is 0.394 e. The molecule has 4 rings (SSSR count). The first-order valence-electron chi connectivity index (χ1n) is 12.6. The van der Waals surface area contributed by atoms with Crippen molar-refractivity contribution in [3.8, 4) is 0 Å². The molecule has 1 saturated carbocycles. The third-order valence-corrected chi connectivity index (χ3v) is 9.62. The second kappa shape index (κ2) is 9.45. The maximum atomic E-state index is 11.2. The normalized spacial score (nSPS) is 52.6. The molecule has 35 heavy (non-hydrogen) atoms. The number of fused-ring (bicyclic) bond motifs is 2. The van der Waals surface area contributed by atoms with Gasteiger partial charge in [-0.3, -0.25) is 0 Å². The highest BCUT2D eigenvalue weighted by atomic mass is 16.7. The average Bonchev–Trinajstić information content (AvgIpc) is 2.83. The lowest BCUT2D eigenvalue weighted by Crippen LogP contribution is -2.64. The van der Waals surface area contributed by atoms with Crippen LogP contribution in [0.3, 0.4) is 0 Å². The molecule has 1 aliphatic heterocycles. The third kappa shape index (κ3) is 4.32. The van der Waals surface area contributed by atoms with Crippen LogP contribution in [-0.4, -0.2) is 98.0 Å². The van der Waals surface area contributed by atoms with Crippen LogP contribution >= 0.6 is 0 Å². The summed E-state index contributed by atoms with van der Waals surface area (Å²) in [6.45, 7) is 9.32. The summed E-state index contributed by atoms with van der Waals surface area (Å²) in [5, 5.41) is 73.4. The molecule has 9 heteroatoms. The highest BCUT2D eigenvalue weighted by Gasteiger charge is 2.61. The number of aliphatic hydroxyl groups is 7. The minimum absolute atomic E-state index is 0.0919. The van der Waals surface area contributed by atoms with E-state index in [1.807, 2.05) is 13.0 Å². The van der Waals surface area contributed by atoms with Crippen LogP contribution in [0.4, 0.5) is 0 Å². The van der Waals surface area contributed by atoms with Crippen molar-refractivity contribution in [3.63, 3.8) is 0 Å². The van der Waals surface area contributed by atoms with Gasteiger partial charge in [0.2, 0.25) is 0 Å². The first kappa shape index (κ1) is 27.2. The SMILES string of the molecule is C=C[C@@]1(C)CCC2=C(C1)[C@H](O)CC1[C@]2(C)C[C@@H](O)[C@H](O)[C@]1(C)CO[C@@H]1O[C@H](CO)[C@@H](O)[C@H](O)C1O. The van der Waals surface area contributed by atoms with Crippen molar-refractivity contribution < 1.29 is 45.2 Å². The monoisotopic (exact) mass is 498 g/mol. The van der Waals surface area contributed by atoms with E-state index in [0.717, 1.165) is 24.0 Å². The smallest absolute Gasteiger partial charge is 0.186 e. The van der Waals surface area contributed by atoms with Gasteiger partial charge in [0.05, 0.1) is 31.5 Å². The summed E-state index contributed by atoms with van der Waals surface area (Å²) in [7, 11) is 0. The lowest BCUT2D eigenvalue weighted by molar-refractivity contribution is -0.314. The third-order valence-electron chi connectivity index (χ3n) is 9.62. The van der Waals surface area contributed by atoms with Gasteiger partial charge in [-0.05, 0) is 54.4 Å². The van der Waals surface area contributed by atoms with Gasteiger partial charge in [-0.1, -0.05) is 32.4 Å². The topological polar surface area (TPSA) is 160 Å².